The van der Waals surface area contributed by atoms with Crippen LogP contribution in [0, 0.1) is 0 Å². The third-order valence-corrected chi connectivity index (χ3v) is 1.79. The molecule has 10 heavy (non-hydrogen) atoms. The van der Waals surface area contributed by atoms with Crippen molar-refractivity contribution in [3.63, 3.8) is 0 Å². The fourth-order valence-corrected chi connectivity index (χ4v) is 1.34. The maximum absolute atomic E-state index is 2.39. The smallest absolute Gasteiger partial charge is 0.0893 e. The van der Waals surface area contributed by atoms with Gasteiger partial charge >= 0.3 is 0 Å². The van der Waals surface area contributed by atoms with Gasteiger partial charge in [0.15, 0.2) is 0 Å². The summed E-state index contributed by atoms with van der Waals surface area (Å²) < 4.78 is 0. The summed E-state index contributed by atoms with van der Waals surface area (Å²) in [5.41, 5.74) is 1.39. The van der Waals surface area contributed by atoms with E-state index in [2.05, 4.69) is 36.9 Å². The molecule has 0 unspecified atom stereocenters. The van der Waals surface area contributed by atoms with E-state index >= 15 is 0 Å². The van der Waals surface area contributed by atoms with Crippen molar-refractivity contribution in [3.8, 4) is 0 Å². The van der Waals surface area contributed by atoms with E-state index < -0.39 is 0 Å². The number of allylic oxidation sites excluding steroid dienone is 1. The van der Waals surface area contributed by atoms with Gasteiger partial charge in [-0.3, -0.25) is 0 Å². The van der Waals surface area contributed by atoms with Gasteiger partial charge in [0, 0.05) is 25.5 Å². The summed E-state index contributed by atoms with van der Waals surface area (Å²) in [6, 6.07) is 0. The van der Waals surface area contributed by atoms with Crippen molar-refractivity contribution in [2.24, 2.45) is 0 Å². The first kappa shape index (κ1) is 7.45. The van der Waals surface area contributed by atoms with Gasteiger partial charge < -0.3 is 9.80 Å². The lowest BCUT2D eigenvalue weighted by molar-refractivity contribution is 0.283. The van der Waals surface area contributed by atoms with Crippen molar-refractivity contribution in [2.75, 3.05) is 20.3 Å². The van der Waals surface area contributed by atoms with Crippen molar-refractivity contribution in [3.05, 3.63) is 11.9 Å². The van der Waals surface area contributed by atoms with Gasteiger partial charge in [-0.05, 0) is 13.3 Å². The second-order valence-corrected chi connectivity index (χ2v) is 2.93. The van der Waals surface area contributed by atoms with Crippen molar-refractivity contribution in [2.45, 2.75) is 20.3 Å². The zero-order valence-corrected chi connectivity index (χ0v) is 7.09. The fourth-order valence-electron chi connectivity index (χ4n) is 1.34. The van der Waals surface area contributed by atoms with E-state index in [1.165, 1.54) is 18.7 Å². The molecule has 1 aliphatic heterocycles. The Labute approximate surface area is 63.1 Å². The van der Waals surface area contributed by atoms with Crippen LogP contribution in [0.4, 0.5) is 0 Å². The Balaban J connectivity index is 2.43. The van der Waals surface area contributed by atoms with Crippen molar-refractivity contribution >= 4 is 0 Å². The highest BCUT2D eigenvalue weighted by Gasteiger charge is 2.12. The Morgan fingerprint density at radius 2 is 2.30 bits per heavy atom. The van der Waals surface area contributed by atoms with Gasteiger partial charge in [0.2, 0.25) is 0 Å². The maximum atomic E-state index is 2.39. The molecule has 0 saturated heterocycles. The molecule has 58 valence electrons. The third kappa shape index (κ3) is 1.43. The molecule has 0 N–H and O–H groups in total. The van der Waals surface area contributed by atoms with Crippen LogP contribution in [-0.2, 0) is 0 Å². The highest BCUT2D eigenvalue weighted by Crippen LogP contribution is 2.12. The Kier molecular flexibility index (Phi) is 2.20. The van der Waals surface area contributed by atoms with Crippen LogP contribution in [0.1, 0.15) is 20.3 Å². The largest absolute Gasteiger partial charge is 0.361 e. The van der Waals surface area contributed by atoms with Crippen LogP contribution in [0.3, 0.4) is 0 Å². The van der Waals surface area contributed by atoms with Gasteiger partial charge in [-0.2, -0.15) is 0 Å². The second kappa shape index (κ2) is 2.95. The molecule has 0 aromatic heterocycles. The molecule has 1 aliphatic rings. The van der Waals surface area contributed by atoms with Crippen LogP contribution in [0.25, 0.3) is 0 Å². The summed E-state index contributed by atoms with van der Waals surface area (Å²) in [6.07, 6.45) is 3.43. The average Bonchev–Trinajstić information content (AvgIpc) is 2.13. The Morgan fingerprint density at radius 3 is 2.70 bits per heavy atom. The summed E-state index contributed by atoms with van der Waals surface area (Å²) in [7, 11) is 2.11. The van der Waals surface area contributed by atoms with Gasteiger partial charge in [0.05, 0.1) is 6.67 Å². The normalized spacial score (nSPS) is 18.1. The summed E-state index contributed by atoms with van der Waals surface area (Å²) in [5, 5.41) is 0. The molecular formula is C8H16N2. The molecule has 0 spiro atoms. The zero-order chi connectivity index (χ0) is 7.56. The molecule has 2 nitrogen and oxygen atoms in total. The second-order valence-electron chi connectivity index (χ2n) is 2.93. The molecule has 0 aliphatic carbocycles. The van der Waals surface area contributed by atoms with E-state index in [-0.39, 0.29) is 0 Å². The highest BCUT2D eigenvalue weighted by atomic mass is 15.3. The summed E-state index contributed by atoms with van der Waals surface area (Å²) in [5.74, 6) is 0. The molecule has 2 heteroatoms. The lowest BCUT2D eigenvalue weighted by atomic mass is 10.4. The lowest BCUT2D eigenvalue weighted by Crippen LogP contribution is -2.24. The number of nitrogens with zero attached hydrogens (tertiary/aromatic N) is 2. The summed E-state index contributed by atoms with van der Waals surface area (Å²) >= 11 is 0. The van der Waals surface area contributed by atoms with Crippen molar-refractivity contribution < 1.29 is 0 Å². The first-order valence-electron chi connectivity index (χ1n) is 3.87. The molecule has 0 radical (unpaired) electrons. The third-order valence-electron chi connectivity index (χ3n) is 1.79. The summed E-state index contributed by atoms with van der Waals surface area (Å²) in [4.78, 5) is 4.60. The lowest BCUT2D eigenvalue weighted by Gasteiger charge is -2.19. The molecule has 0 fully saturated rings. The van der Waals surface area contributed by atoms with Crippen molar-refractivity contribution in [1.29, 1.82) is 0 Å². The number of rotatable bonds is 2. The fraction of sp³-hybridized carbons (Fsp3) is 0.750. The number of hydrogen-bond acceptors (Lipinski definition) is 2. The van der Waals surface area contributed by atoms with Crippen LogP contribution in [-0.4, -0.2) is 30.1 Å². The summed E-state index contributed by atoms with van der Waals surface area (Å²) in [6.45, 7) is 6.64. The number of hydrogen-bond donors (Lipinski definition) is 0. The molecule has 1 heterocycles. The molecule has 0 bridgehead atoms. The van der Waals surface area contributed by atoms with E-state index in [1.54, 1.807) is 0 Å². The zero-order valence-electron chi connectivity index (χ0n) is 7.09. The monoisotopic (exact) mass is 140 g/mol. The molecule has 0 amide bonds. The minimum absolute atomic E-state index is 1.07. The van der Waals surface area contributed by atoms with E-state index in [0.29, 0.717) is 0 Å². The highest BCUT2D eigenvalue weighted by molar-refractivity contribution is 5.01. The first-order valence-corrected chi connectivity index (χ1v) is 3.87. The van der Waals surface area contributed by atoms with Gasteiger partial charge in [0.25, 0.3) is 0 Å². The molecular weight excluding hydrogens is 124 g/mol. The minimum atomic E-state index is 1.07. The van der Waals surface area contributed by atoms with Gasteiger partial charge in [-0.1, -0.05) is 6.92 Å². The van der Waals surface area contributed by atoms with Crippen LogP contribution >= 0.6 is 0 Å². The SMILES string of the molecule is CCCN1CN(C)C=C1C. The molecule has 1 rings (SSSR count). The predicted molar refractivity (Wildman–Crippen MR) is 43.4 cm³/mol. The van der Waals surface area contributed by atoms with Crippen LogP contribution in [0.15, 0.2) is 11.9 Å². The Hall–Kier alpha value is -0.660. The van der Waals surface area contributed by atoms with E-state index in [4.69, 9.17) is 0 Å². The maximum Gasteiger partial charge on any atom is 0.0893 e. The molecule has 0 saturated carbocycles. The van der Waals surface area contributed by atoms with Crippen LogP contribution < -0.4 is 0 Å². The van der Waals surface area contributed by atoms with Crippen LogP contribution in [0.2, 0.25) is 0 Å². The topological polar surface area (TPSA) is 6.48 Å². The quantitative estimate of drug-likeness (QED) is 0.573. The van der Waals surface area contributed by atoms with Crippen LogP contribution in [0.5, 0.6) is 0 Å². The Morgan fingerprint density at radius 1 is 1.60 bits per heavy atom. The molecule has 0 atom stereocenters. The van der Waals surface area contributed by atoms with E-state index in [9.17, 15) is 0 Å². The van der Waals surface area contributed by atoms with E-state index in [1.807, 2.05) is 0 Å². The van der Waals surface area contributed by atoms with Gasteiger partial charge in [-0.15, -0.1) is 0 Å². The molecule has 0 aromatic rings. The standard InChI is InChI=1S/C8H16N2/c1-4-5-10-7-9(3)6-8(10)2/h6H,4-5,7H2,1-3H3. The Bertz CT molecular complexity index is 140. The predicted octanol–water partition coefficient (Wildman–Crippen LogP) is 1.46. The molecule has 0 aromatic carbocycles. The van der Waals surface area contributed by atoms with Gasteiger partial charge in [-0.25, -0.2) is 0 Å². The average molecular weight is 140 g/mol. The van der Waals surface area contributed by atoms with Crippen molar-refractivity contribution in [1.82, 2.24) is 9.80 Å². The van der Waals surface area contributed by atoms with Gasteiger partial charge in [0.1, 0.15) is 0 Å². The first-order chi connectivity index (χ1) is 4.74. The minimum Gasteiger partial charge on any atom is -0.361 e. The van der Waals surface area contributed by atoms with E-state index in [0.717, 1.165) is 6.67 Å².